The van der Waals surface area contributed by atoms with Crippen LogP contribution in [0.4, 0.5) is 11.5 Å². The van der Waals surface area contributed by atoms with Crippen LogP contribution in [0.1, 0.15) is 38.6 Å². The highest BCUT2D eigenvalue weighted by Crippen LogP contribution is 2.21. The van der Waals surface area contributed by atoms with Crippen molar-refractivity contribution in [2.24, 2.45) is 0 Å². The molecule has 2 N–H and O–H groups in total. The number of hydrogen-bond acceptors (Lipinski definition) is 4. The van der Waals surface area contributed by atoms with E-state index in [9.17, 15) is 4.79 Å². The number of aryl methyl sites for hydroxylation is 4. The molecule has 0 atom stereocenters. The molecule has 0 radical (unpaired) electrons. The number of anilines is 2. The summed E-state index contributed by atoms with van der Waals surface area (Å²) in [6, 6.07) is 15.9. The first-order valence-corrected chi connectivity index (χ1v) is 8.94. The average Bonchev–Trinajstić information content (AvgIpc) is 2.63. The summed E-state index contributed by atoms with van der Waals surface area (Å²) in [7, 11) is 0. The van der Waals surface area contributed by atoms with Crippen LogP contribution in [0.25, 0.3) is 0 Å². The standard InChI is InChI=1S/C22H24N4O/c1-14-6-9-18(10-7-14)13-23-22(27)20-12-21(25-17(4)24-20)26-19-11-15(2)5-8-16(19)3/h5-12H,13H2,1-4H3,(H,23,27)(H,24,25,26). The second-order valence-electron chi connectivity index (χ2n) is 6.80. The summed E-state index contributed by atoms with van der Waals surface area (Å²) < 4.78 is 0. The van der Waals surface area contributed by atoms with Crippen molar-refractivity contribution in [3.63, 3.8) is 0 Å². The minimum absolute atomic E-state index is 0.218. The molecule has 0 saturated carbocycles. The second kappa shape index (κ2) is 7.99. The molecule has 0 aliphatic heterocycles. The van der Waals surface area contributed by atoms with E-state index in [-0.39, 0.29) is 5.91 Å². The summed E-state index contributed by atoms with van der Waals surface area (Å²) >= 11 is 0. The molecule has 0 bridgehead atoms. The summed E-state index contributed by atoms with van der Waals surface area (Å²) in [5, 5.41) is 6.21. The van der Waals surface area contributed by atoms with Crippen molar-refractivity contribution >= 4 is 17.4 Å². The SMILES string of the molecule is Cc1ccc(CNC(=O)c2cc(Nc3cc(C)ccc3C)nc(C)n2)cc1. The Labute approximate surface area is 159 Å². The lowest BCUT2D eigenvalue weighted by atomic mass is 10.1. The number of nitrogens with one attached hydrogen (secondary N) is 2. The topological polar surface area (TPSA) is 66.9 Å². The van der Waals surface area contributed by atoms with Gasteiger partial charge in [0.15, 0.2) is 0 Å². The molecule has 0 unspecified atom stereocenters. The number of rotatable bonds is 5. The molecule has 0 aliphatic carbocycles. The number of carbonyl (C=O) groups excluding carboxylic acids is 1. The zero-order valence-electron chi connectivity index (χ0n) is 16.1. The predicted octanol–water partition coefficient (Wildman–Crippen LogP) is 4.38. The summed E-state index contributed by atoms with van der Waals surface area (Å²) in [5.41, 5.74) is 5.83. The Balaban J connectivity index is 1.75. The highest BCUT2D eigenvalue weighted by Gasteiger charge is 2.11. The number of carbonyl (C=O) groups is 1. The number of amides is 1. The molecule has 3 aromatic rings. The monoisotopic (exact) mass is 360 g/mol. The summed E-state index contributed by atoms with van der Waals surface area (Å²) in [4.78, 5) is 21.2. The second-order valence-corrected chi connectivity index (χ2v) is 6.80. The van der Waals surface area contributed by atoms with Gasteiger partial charge in [0, 0.05) is 18.3 Å². The van der Waals surface area contributed by atoms with Crippen LogP contribution in [0.5, 0.6) is 0 Å². The highest BCUT2D eigenvalue weighted by atomic mass is 16.1. The maximum atomic E-state index is 12.5. The normalized spacial score (nSPS) is 10.5. The molecule has 5 heteroatoms. The van der Waals surface area contributed by atoms with Gasteiger partial charge in [-0.1, -0.05) is 42.0 Å². The van der Waals surface area contributed by atoms with Crippen LogP contribution in [-0.2, 0) is 6.54 Å². The largest absolute Gasteiger partial charge is 0.347 e. The van der Waals surface area contributed by atoms with E-state index in [2.05, 4.69) is 38.8 Å². The smallest absolute Gasteiger partial charge is 0.270 e. The first-order valence-electron chi connectivity index (χ1n) is 8.94. The van der Waals surface area contributed by atoms with Gasteiger partial charge in [-0.3, -0.25) is 4.79 Å². The van der Waals surface area contributed by atoms with Crippen molar-refractivity contribution in [2.45, 2.75) is 34.2 Å². The van der Waals surface area contributed by atoms with Gasteiger partial charge in [-0.05, 0) is 50.5 Å². The van der Waals surface area contributed by atoms with E-state index in [0.29, 0.717) is 23.9 Å². The third kappa shape index (κ3) is 4.91. The van der Waals surface area contributed by atoms with Gasteiger partial charge in [-0.25, -0.2) is 9.97 Å². The van der Waals surface area contributed by atoms with Crippen molar-refractivity contribution in [3.05, 3.63) is 82.3 Å². The van der Waals surface area contributed by atoms with Crippen molar-refractivity contribution in [1.29, 1.82) is 0 Å². The van der Waals surface area contributed by atoms with Gasteiger partial charge in [0.1, 0.15) is 17.3 Å². The Morgan fingerprint density at radius 2 is 1.59 bits per heavy atom. The zero-order chi connectivity index (χ0) is 19.4. The van der Waals surface area contributed by atoms with Gasteiger partial charge in [-0.15, -0.1) is 0 Å². The third-order valence-electron chi connectivity index (χ3n) is 4.30. The van der Waals surface area contributed by atoms with E-state index >= 15 is 0 Å². The molecule has 0 saturated heterocycles. The lowest BCUT2D eigenvalue weighted by Crippen LogP contribution is -2.24. The van der Waals surface area contributed by atoms with Gasteiger partial charge >= 0.3 is 0 Å². The van der Waals surface area contributed by atoms with E-state index in [1.807, 2.05) is 45.0 Å². The molecule has 0 spiro atoms. The molecule has 5 nitrogen and oxygen atoms in total. The fraction of sp³-hybridized carbons (Fsp3) is 0.227. The van der Waals surface area contributed by atoms with E-state index in [4.69, 9.17) is 0 Å². The number of hydrogen-bond donors (Lipinski definition) is 2. The Kier molecular flexibility index (Phi) is 5.50. The quantitative estimate of drug-likeness (QED) is 0.708. The number of benzene rings is 2. The van der Waals surface area contributed by atoms with E-state index in [0.717, 1.165) is 22.4 Å². The molecular formula is C22H24N4O. The van der Waals surface area contributed by atoms with E-state index in [1.165, 1.54) is 5.56 Å². The minimum Gasteiger partial charge on any atom is -0.347 e. The van der Waals surface area contributed by atoms with Gasteiger partial charge in [0.2, 0.25) is 0 Å². The molecule has 1 amide bonds. The lowest BCUT2D eigenvalue weighted by Gasteiger charge is -2.12. The van der Waals surface area contributed by atoms with Gasteiger partial charge in [0.25, 0.3) is 5.91 Å². The molecule has 138 valence electrons. The first kappa shape index (κ1) is 18.6. The van der Waals surface area contributed by atoms with Crippen LogP contribution >= 0.6 is 0 Å². The number of aromatic nitrogens is 2. The average molecular weight is 360 g/mol. The van der Waals surface area contributed by atoms with Gasteiger partial charge in [-0.2, -0.15) is 0 Å². The van der Waals surface area contributed by atoms with Crippen molar-refractivity contribution in [2.75, 3.05) is 5.32 Å². The van der Waals surface area contributed by atoms with Crippen molar-refractivity contribution < 1.29 is 4.79 Å². The fourth-order valence-corrected chi connectivity index (χ4v) is 2.74. The Bertz CT molecular complexity index is 965. The molecular weight excluding hydrogens is 336 g/mol. The first-order chi connectivity index (χ1) is 12.9. The Hall–Kier alpha value is -3.21. The Morgan fingerprint density at radius 1 is 0.889 bits per heavy atom. The van der Waals surface area contributed by atoms with E-state index in [1.54, 1.807) is 13.0 Å². The fourth-order valence-electron chi connectivity index (χ4n) is 2.74. The third-order valence-corrected chi connectivity index (χ3v) is 4.30. The Morgan fingerprint density at radius 3 is 2.33 bits per heavy atom. The molecule has 1 aromatic heterocycles. The predicted molar refractivity (Wildman–Crippen MR) is 108 cm³/mol. The number of nitrogens with zero attached hydrogens (tertiary/aromatic N) is 2. The highest BCUT2D eigenvalue weighted by molar-refractivity contribution is 5.93. The van der Waals surface area contributed by atoms with Crippen LogP contribution in [-0.4, -0.2) is 15.9 Å². The molecule has 3 rings (SSSR count). The van der Waals surface area contributed by atoms with Crippen LogP contribution in [0.15, 0.2) is 48.5 Å². The van der Waals surface area contributed by atoms with Gasteiger partial charge in [0.05, 0.1) is 0 Å². The van der Waals surface area contributed by atoms with Crippen LogP contribution in [0, 0.1) is 27.7 Å². The molecule has 27 heavy (non-hydrogen) atoms. The minimum atomic E-state index is -0.218. The van der Waals surface area contributed by atoms with Crippen LogP contribution in [0.2, 0.25) is 0 Å². The van der Waals surface area contributed by atoms with Crippen molar-refractivity contribution in [3.8, 4) is 0 Å². The summed E-state index contributed by atoms with van der Waals surface area (Å²) in [6.07, 6.45) is 0. The summed E-state index contributed by atoms with van der Waals surface area (Å²) in [5.74, 6) is 0.938. The zero-order valence-corrected chi connectivity index (χ0v) is 16.1. The maximum absolute atomic E-state index is 12.5. The van der Waals surface area contributed by atoms with E-state index < -0.39 is 0 Å². The molecule has 0 fully saturated rings. The van der Waals surface area contributed by atoms with Crippen LogP contribution in [0.3, 0.4) is 0 Å². The lowest BCUT2D eigenvalue weighted by molar-refractivity contribution is 0.0945. The molecule has 1 heterocycles. The molecule has 2 aromatic carbocycles. The summed E-state index contributed by atoms with van der Waals surface area (Å²) in [6.45, 7) is 8.36. The van der Waals surface area contributed by atoms with Crippen molar-refractivity contribution in [1.82, 2.24) is 15.3 Å². The van der Waals surface area contributed by atoms with Crippen LogP contribution < -0.4 is 10.6 Å². The maximum Gasteiger partial charge on any atom is 0.270 e. The van der Waals surface area contributed by atoms with Gasteiger partial charge < -0.3 is 10.6 Å². The molecule has 0 aliphatic rings.